The molecular formula is C12H14Cl2N2O3. The van der Waals surface area contributed by atoms with E-state index < -0.39 is 10.8 Å². The van der Waals surface area contributed by atoms with Gasteiger partial charge in [-0.05, 0) is 19.4 Å². The molecule has 19 heavy (non-hydrogen) atoms. The number of halogens is 2. The number of nitrogens with zero attached hydrogens (tertiary/aromatic N) is 2. The second-order valence-corrected chi connectivity index (χ2v) is 5.34. The number of rotatable bonds is 5. The normalized spacial score (nSPS) is 12.0. The topological polar surface area (TPSA) is 63.5 Å². The van der Waals surface area contributed by atoms with E-state index in [0.29, 0.717) is 13.0 Å². The van der Waals surface area contributed by atoms with Crippen molar-refractivity contribution in [3.63, 3.8) is 0 Å². The minimum absolute atomic E-state index is 0.0727. The summed E-state index contributed by atoms with van der Waals surface area (Å²) in [5, 5.41) is 10.9. The van der Waals surface area contributed by atoms with Gasteiger partial charge in [-0.2, -0.15) is 0 Å². The molecule has 1 aromatic rings. The summed E-state index contributed by atoms with van der Waals surface area (Å²) in [7, 11) is 1.56. The summed E-state index contributed by atoms with van der Waals surface area (Å²) in [5.74, 6) is -0.477. The first-order chi connectivity index (χ1) is 8.84. The molecular weight excluding hydrogens is 291 g/mol. The second kappa shape index (κ2) is 6.73. The molecule has 0 aliphatic rings. The molecule has 1 rings (SSSR count). The van der Waals surface area contributed by atoms with Gasteiger partial charge >= 0.3 is 0 Å². The van der Waals surface area contributed by atoms with Crippen LogP contribution in [0.2, 0.25) is 5.02 Å². The average Bonchev–Trinajstić information content (AvgIpc) is 2.34. The van der Waals surface area contributed by atoms with Crippen LogP contribution in [0.4, 0.5) is 5.69 Å². The van der Waals surface area contributed by atoms with E-state index in [9.17, 15) is 14.9 Å². The quantitative estimate of drug-likeness (QED) is 0.476. The number of nitro groups is 1. The molecule has 1 aromatic carbocycles. The standard InChI is InChI=1S/C12H14Cl2N2O3/c1-8(13)6-7-15(2)12(17)11-9(14)4-3-5-10(11)16(18)19/h3-5,8H,6-7H2,1-2H3. The monoisotopic (exact) mass is 304 g/mol. The van der Waals surface area contributed by atoms with Crippen LogP contribution in [0.15, 0.2) is 18.2 Å². The van der Waals surface area contributed by atoms with Gasteiger partial charge in [-0.3, -0.25) is 14.9 Å². The maximum atomic E-state index is 12.2. The first kappa shape index (κ1) is 15.7. The molecule has 0 aliphatic carbocycles. The third-order valence-corrected chi connectivity index (χ3v) is 3.14. The Bertz CT molecular complexity index is 492. The van der Waals surface area contributed by atoms with Gasteiger partial charge in [0.05, 0.1) is 9.95 Å². The fourth-order valence-corrected chi connectivity index (χ4v) is 1.89. The molecule has 0 aromatic heterocycles. The number of alkyl halides is 1. The lowest BCUT2D eigenvalue weighted by molar-refractivity contribution is -0.385. The van der Waals surface area contributed by atoms with E-state index in [4.69, 9.17) is 23.2 Å². The van der Waals surface area contributed by atoms with Crippen LogP contribution in [0.5, 0.6) is 0 Å². The van der Waals surface area contributed by atoms with Crippen LogP contribution in [0.3, 0.4) is 0 Å². The van der Waals surface area contributed by atoms with E-state index in [0.717, 1.165) is 0 Å². The van der Waals surface area contributed by atoms with Gasteiger partial charge in [-0.25, -0.2) is 0 Å². The van der Waals surface area contributed by atoms with Gasteiger partial charge in [0.15, 0.2) is 0 Å². The molecule has 5 nitrogen and oxygen atoms in total. The summed E-state index contributed by atoms with van der Waals surface area (Å²) in [5.41, 5.74) is -0.373. The SMILES string of the molecule is CC(Cl)CCN(C)C(=O)c1c(Cl)cccc1[N+](=O)[O-]. The Morgan fingerprint density at radius 3 is 2.68 bits per heavy atom. The summed E-state index contributed by atoms with van der Waals surface area (Å²) < 4.78 is 0. The molecule has 7 heteroatoms. The molecule has 1 unspecified atom stereocenters. The third-order valence-electron chi connectivity index (χ3n) is 2.61. The lowest BCUT2D eigenvalue weighted by atomic mass is 10.1. The first-order valence-electron chi connectivity index (χ1n) is 5.67. The van der Waals surface area contributed by atoms with E-state index in [1.165, 1.54) is 23.1 Å². The summed E-state index contributed by atoms with van der Waals surface area (Å²) in [6.07, 6.45) is 0.599. The lowest BCUT2D eigenvalue weighted by Crippen LogP contribution is -2.29. The molecule has 0 saturated heterocycles. The first-order valence-corrected chi connectivity index (χ1v) is 6.48. The average molecular weight is 305 g/mol. The summed E-state index contributed by atoms with van der Waals surface area (Å²) in [6, 6.07) is 4.16. The molecule has 0 fully saturated rings. The zero-order valence-electron chi connectivity index (χ0n) is 10.6. The van der Waals surface area contributed by atoms with Crippen LogP contribution < -0.4 is 0 Å². The fourth-order valence-electron chi connectivity index (χ4n) is 1.54. The minimum Gasteiger partial charge on any atom is -0.341 e. The highest BCUT2D eigenvalue weighted by Crippen LogP contribution is 2.27. The fraction of sp³-hybridized carbons (Fsp3) is 0.417. The second-order valence-electron chi connectivity index (χ2n) is 4.19. The molecule has 1 atom stereocenters. The van der Waals surface area contributed by atoms with Crippen molar-refractivity contribution < 1.29 is 9.72 Å². The van der Waals surface area contributed by atoms with Crippen molar-refractivity contribution in [1.82, 2.24) is 4.90 Å². The number of nitro benzene ring substituents is 1. The molecule has 0 saturated carbocycles. The Labute approximate surface area is 121 Å². The third kappa shape index (κ3) is 4.08. The van der Waals surface area contributed by atoms with Crippen molar-refractivity contribution >= 4 is 34.8 Å². The van der Waals surface area contributed by atoms with Crippen LogP contribution >= 0.6 is 23.2 Å². The van der Waals surface area contributed by atoms with E-state index in [-0.39, 0.29) is 21.7 Å². The Balaban J connectivity index is 3.02. The van der Waals surface area contributed by atoms with Gasteiger partial charge in [-0.1, -0.05) is 17.7 Å². The molecule has 104 valence electrons. The predicted molar refractivity (Wildman–Crippen MR) is 75.0 cm³/mol. The number of carbonyl (C=O) groups is 1. The molecule has 0 heterocycles. The number of hydrogen-bond donors (Lipinski definition) is 0. The van der Waals surface area contributed by atoms with Crippen LogP contribution in [0, 0.1) is 10.1 Å². The minimum atomic E-state index is -0.614. The highest BCUT2D eigenvalue weighted by molar-refractivity contribution is 6.34. The number of benzene rings is 1. The van der Waals surface area contributed by atoms with Crippen LogP contribution in [0.1, 0.15) is 23.7 Å². The van der Waals surface area contributed by atoms with Crippen molar-refractivity contribution in [3.8, 4) is 0 Å². The van der Waals surface area contributed by atoms with Crippen molar-refractivity contribution in [3.05, 3.63) is 38.9 Å². The maximum absolute atomic E-state index is 12.2. The summed E-state index contributed by atoms with van der Waals surface area (Å²) >= 11 is 11.7. The van der Waals surface area contributed by atoms with E-state index in [2.05, 4.69) is 0 Å². The molecule has 0 N–H and O–H groups in total. The molecule has 0 bridgehead atoms. The lowest BCUT2D eigenvalue weighted by Gasteiger charge is -2.18. The zero-order valence-corrected chi connectivity index (χ0v) is 12.1. The van der Waals surface area contributed by atoms with Gasteiger partial charge in [0.1, 0.15) is 5.56 Å². The summed E-state index contributed by atoms with van der Waals surface area (Å²) in [6.45, 7) is 2.23. The van der Waals surface area contributed by atoms with Crippen molar-refractivity contribution in [2.75, 3.05) is 13.6 Å². The number of carbonyl (C=O) groups excluding carboxylic acids is 1. The van der Waals surface area contributed by atoms with Crippen LogP contribution in [-0.2, 0) is 0 Å². The van der Waals surface area contributed by atoms with Crippen molar-refractivity contribution in [1.29, 1.82) is 0 Å². The summed E-state index contributed by atoms with van der Waals surface area (Å²) in [4.78, 5) is 23.9. The van der Waals surface area contributed by atoms with E-state index in [1.807, 2.05) is 6.92 Å². The van der Waals surface area contributed by atoms with Gasteiger partial charge in [-0.15, -0.1) is 11.6 Å². The zero-order chi connectivity index (χ0) is 14.6. The van der Waals surface area contributed by atoms with Crippen molar-refractivity contribution in [2.45, 2.75) is 18.7 Å². The van der Waals surface area contributed by atoms with Crippen molar-refractivity contribution in [2.24, 2.45) is 0 Å². The molecule has 0 aliphatic heterocycles. The van der Waals surface area contributed by atoms with Crippen LogP contribution in [-0.4, -0.2) is 34.7 Å². The highest BCUT2D eigenvalue weighted by atomic mass is 35.5. The molecule has 0 spiro atoms. The Kier molecular flexibility index (Phi) is 5.57. The van der Waals surface area contributed by atoms with Gasteiger partial charge in [0, 0.05) is 25.0 Å². The smallest absolute Gasteiger partial charge is 0.283 e. The van der Waals surface area contributed by atoms with Gasteiger partial charge in [0.2, 0.25) is 0 Å². The van der Waals surface area contributed by atoms with Gasteiger partial charge in [0.25, 0.3) is 11.6 Å². The van der Waals surface area contributed by atoms with Crippen LogP contribution in [0.25, 0.3) is 0 Å². The van der Waals surface area contributed by atoms with Gasteiger partial charge < -0.3 is 4.90 Å². The molecule has 1 amide bonds. The molecule has 0 radical (unpaired) electrons. The number of amides is 1. The Morgan fingerprint density at radius 2 is 2.16 bits per heavy atom. The Hall–Kier alpha value is -1.33. The largest absolute Gasteiger partial charge is 0.341 e. The predicted octanol–water partition coefficient (Wildman–Crippen LogP) is 3.34. The van der Waals surface area contributed by atoms with E-state index in [1.54, 1.807) is 7.05 Å². The number of hydrogen-bond acceptors (Lipinski definition) is 3. The van der Waals surface area contributed by atoms with E-state index >= 15 is 0 Å². The highest BCUT2D eigenvalue weighted by Gasteiger charge is 2.25. The Morgan fingerprint density at radius 1 is 1.53 bits per heavy atom. The maximum Gasteiger partial charge on any atom is 0.283 e.